The van der Waals surface area contributed by atoms with Gasteiger partial charge in [-0.15, -0.1) is 0 Å². The summed E-state index contributed by atoms with van der Waals surface area (Å²) in [6.45, 7) is 10.2. The number of hydrogen-bond donors (Lipinski definition) is 2. The predicted molar refractivity (Wildman–Crippen MR) is 113 cm³/mol. The second-order valence-corrected chi connectivity index (χ2v) is 7.73. The maximum Gasteiger partial charge on any atom is 0.384 e. The number of nitro benzene ring substituents is 1. The molecule has 0 atom stereocenters. The highest BCUT2D eigenvalue weighted by Gasteiger charge is 2.14. The number of nitro groups is 1. The van der Waals surface area contributed by atoms with Crippen LogP contribution in [-0.4, -0.2) is 53.1 Å². The van der Waals surface area contributed by atoms with Gasteiger partial charge in [0.2, 0.25) is 0 Å². The minimum atomic E-state index is -1.24. The van der Waals surface area contributed by atoms with Crippen LogP contribution in [0.15, 0.2) is 24.8 Å². The lowest BCUT2D eigenvalue weighted by molar-refractivity contribution is -0.384. The third-order valence-corrected chi connectivity index (χ3v) is 5.73. The van der Waals surface area contributed by atoms with Crippen molar-refractivity contribution in [3.8, 4) is 5.75 Å². The monoisotopic (exact) mass is 424 g/mol. The first kappa shape index (κ1) is 24.6. The molecule has 2 amide bonds. The first-order valence-corrected chi connectivity index (χ1v) is 11.2. The Morgan fingerprint density at radius 1 is 1.21 bits per heavy atom. The van der Waals surface area contributed by atoms with Crippen LogP contribution in [-0.2, 0) is 8.85 Å². The summed E-state index contributed by atoms with van der Waals surface area (Å²) < 4.78 is 16.7. The third kappa shape index (κ3) is 10.1. The number of carbonyl (C=O) groups excluding carboxylic acids is 1. The van der Waals surface area contributed by atoms with Crippen LogP contribution >= 0.6 is 0 Å². The van der Waals surface area contributed by atoms with Gasteiger partial charge in [-0.3, -0.25) is 10.1 Å². The van der Waals surface area contributed by atoms with Gasteiger partial charge in [-0.1, -0.05) is 12.7 Å². The lowest BCUT2D eigenvalue weighted by Crippen LogP contribution is -2.37. The molecule has 0 bridgehead atoms. The maximum atomic E-state index is 11.8. The molecule has 10 heteroatoms. The van der Waals surface area contributed by atoms with Crippen LogP contribution in [0.5, 0.6) is 5.75 Å². The molecule has 1 radical (unpaired) electrons. The molecular formula is C19H30N3O6Si. The van der Waals surface area contributed by atoms with Crippen molar-refractivity contribution in [2.24, 2.45) is 0 Å². The number of hydrogen-bond acceptors (Lipinski definition) is 6. The number of nitrogens with zero attached hydrogens (tertiary/aromatic N) is 1. The Balaban J connectivity index is 2.19. The molecule has 0 unspecified atom stereocenters. The number of ether oxygens (including phenoxy) is 1. The summed E-state index contributed by atoms with van der Waals surface area (Å²) in [5, 5.41) is 16.4. The summed E-state index contributed by atoms with van der Waals surface area (Å²) in [6, 6.07) is 4.94. The number of carbonyl (C=O) groups is 1. The normalized spacial score (nSPS) is 10.6. The average Bonchev–Trinajstić information content (AvgIpc) is 2.71. The standard InChI is InChI=1S/C19H30N3O6Si/c1-4-16-15-17(22(24)25)9-10-18(16)26-13-7-11-20-19(23)21-12-8-14-29(27-5-2)28-6-3/h4,9-10,15H,1,5-8,11-14H2,2-3H3,(H2,20,21,23). The molecule has 0 aliphatic rings. The fraction of sp³-hybridized carbons (Fsp3) is 0.526. The van der Waals surface area contributed by atoms with Crippen LogP contribution in [0.1, 0.15) is 32.3 Å². The summed E-state index contributed by atoms with van der Waals surface area (Å²) in [4.78, 5) is 22.1. The second kappa shape index (κ2) is 14.5. The molecule has 1 aromatic rings. The first-order chi connectivity index (χ1) is 14.0. The van der Waals surface area contributed by atoms with Gasteiger partial charge in [0.05, 0.1) is 11.5 Å². The van der Waals surface area contributed by atoms with Gasteiger partial charge in [0, 0.05) is 44.0 Å². The Morgan fingerprint density at radius 3 is 2.45 bits per heavy atom. The van der Waals surface area contributed by atoms with Crippen LogP contribution in [0.2, 0.25) is 6.04 Å². The van der Waals surface area contributed by atoms with Crippen molar-refractivity contribution in [1.82, 2.24) is 10.6 Å². The highest BCUT2D eigenvalue weighted by Crippen LogP contribution is 2.25. The van der Waals surface area contributed by atoms with Crippen molar-refractivity contribution < 1.29 is 23.3 Å². The summed E-state index contributed by atoms with van der Waals surface area (Å²) in [6.07, 6.45) is 2.91. The van der Waals surface area contributed by atoms with Gasteiger partial charge in [-0.2, -0.15) is 0 Å². The number of benzene rings is 1. The van der Waals surface area contributed by atoms with Crippen LogP contribution in [0, 0.1) is 10.1 Å². The maximum absolute atomic E-state index is 11.8. The molecule has 9 nitrogen and oxygen atoms in total. The zero-order chi connectivity index (χ0) is 21.5. The van der Waals surface area contributed by atoms with E-state index in [1.807, 2.05) is 13.8 Å². The second-order valence-electron chi connectivity index (χ2n) is 5.91. The molecule has 0 aliphatic heterocycles. The van der Waals surface area contributed by atoms with E-state index in [1.54, 1.807) is 6.07 Å². The minimum absolute atomic E-state index is 0.0126. The average molecular weight is 425 g/mol. The van der Waals surface area contributed by atoms with Crippen molar-refractivity contribution in [2.45, 2.75) is 32.7 Å². The van der Waals surface area contributed by atoms with Gasteiger partial charge in [0.25, 0.3) is 5.69 Å². The van der Waals surface area contributed by atoms with Gasteiger partial charge >= 0.3 is 15.3 Å². The summed E-state index contributed by atoms with van der Waals surface area (Å²) >= 11 is 0. The molecule has 1 aromatic carbocycles. The molecule has 0 aliphatic carbocycles. The van der Waals surface area contributed by atoms with E-state index in [1.165, 1.54) is 18.2 Å². The predicted octanol–water partition coefficient (Wildman–Crippen LogP) is 3.26. The van der Waals surface area contributed by atoms with E-state index in [-0.39, 0.29) is 11.7 Å². The minimum Gasteiger partial charge on any atom is -0.493 e. The molecule has 29 heavy (non-hydrogen) atoms. The highest BCUT2D eigenvalue weighted by molar-refractivity contribution is 6.44. The van der Waals surface area contributed by atoms with E-state index < -0.39 is 14.2 Å². The largest absolute Gasteiger partial charge is 0.493 e. The molecule has 161 valence electrons. The Bertz CT molecular complexity index is 653. The topological polar surface area (TPSA) is 112 Å². The quantitative estimate of drug-likeness (QED) is 0.193. The number of amides is 2. The fourth-order valence-electron chi connectivity index (χ4n) is 2.40. The van der Waals surface area contributed by atoms with Crippen molar-refractivity contribution in [2.75, 3.05) is 32.9 Å². The van der Waals surface area contributed by atoms with Gasteiger partial charge in [0.1, 0.15) is 5.75 Å². The Morgan fingerprint density at radius 2 is 1.86 bits per heavy atom. The van der Waals surface area contributed by atoms with Crippen molar-refractivity contribution in [1.29, 1.82) is 0 Å². The van der Waals surface area contributed by atoms with Crippen LogP contribution in [0.4, 0.5) is 10.5 Å². The van der Waals surface area contributed by atoms with Crippen molar-refractivity contribution in [3.05, 3.63) is 40.5 Å². The van der Waals surface area contributed by atoms with E-state index in [4.69, 9.17) is 13.6 Å². The number of rotatable bonds is 15. The van der Waals surface area contributed by atoms with E-state index in [9.17, 15) is 14.9 Å². The molecule has 0 saturated heterocycles. The van der Waals surface area contributed by atoms with E-state index in [0.717, 1.165) is 12.5 Å². The van der Waals surface area contributed by atoms with Crippen LogP contribution < -0.4 is 15.4 Å². The number of non-ortho nitro benzene ring substituents is 1. The number of urea groups is 1. The highest BCUT2D eigenvalue weighted by atomic mass is 28.3. The molecule has 2 N–H and O–H groups in total. The van der Waals surface area contributed by atoms with Gasteiger partial charge in [0.15, 0.2) is 0 Å². The zero-order valence-electron chi connectivity index (χ0n) is 17.1. The molecular weight excluding hydrogens is 394 g/mol. The Labute approximate surface area is 173 Å². The van der Waals surface area contributed by atoms with Gasteiger partial charge < -0.3 is 24.2 Å². The van der Waals surface area contributed by atoms with Gasteiger partial charge in [-0.05, 0) is 38.8 Å². The Kier molecular flexibility index (Phi) is 12.3. The molecule has 0 saturated carbocycles. The van der Waals surface area contributed by atoms with E-state index >= 15 is 0 Å². The summed E-state index contributed by atoms with van der Waals surface area (Å²) in [7, 11) is -1.24. The van der Waals surface area contributed by atoms with Crippen molar-refractivity contribution >= 4 is 27.1 Å². The van der Waals surface area contributed by atoms with E-state index in [2.05, 4.69) is 17.2 Å². The van der Waals surface area contributed by atoms with E-state index in [0.29, 0.717) is 50.6 Å². The van der Waals surface area contributed by atoms with Crippen molar-refractivity contribution in [3.63, 3.8) is 0 Å². The van der Waals surface area contributed by atoms with Crippen LogP contribution in [0.25, 0.3) is 6.08 Å². The zero-order valence-corrected chi connectivity index (χ0v) is 18.1. The molecule has 1 rings (SSSR count). The summed E-state index contributed by atoms with van der Waals surface area (Å²) in [5.74, 6) is 0.524. The van der Waals surface area contributed by atoms with Crippen LogP contribution in [0.3, 0.4) is 0 Å². The smallest absolute Gasteiger partial charge is 0.384 e. The fourth-order valence-corrected chi connectivity index (χ4v) is 3.88. The lowest BCUT2D eigenvalue weighted by Gasteiger charge is -2.13. The molecule has 0 fully saturated rings. The number of nitrogens with one attached hydrogen (secondary N) is 2. The SMILES string of the molecule is C=Cc1cc([N+](=O)[O-])ccc1OCCCNC(=O)NCCC[Si](OCC)OCC. The summed E-state index contributed by atoms with van der Waals surface area (Å²) in [5.41, 5.74) is 0.547. The van der Waals surface area contributed by atoms with Gasteiger partial charge in [-0.25, -0.2) is 4.79 Å². The lowest BCUT2D eigenvalue weighted by atomic mass is 10.2. The molecule has 0 spiro atoms. The first-order valence-electron chi connectivity index (χ1n) is 9.68. The molecule has 0 heterocycles. The third-order valence-electron chi connectivity index (χ3n) is 3.74. The Hall–Kier alpha value is -2.43. The molecule has 0 aromatic heterocycles.